The largest absolute Gasteiger partial charge is 0.283 e. The van der Waals surface area contributed by atoms with Crippen LogP contribution in [-0.2, 0) is 16.0 Å². The van der Waals surface area contributed by atoms with Gasteiger partial charge in [-0.2, -0.15) is 0 Å². The molecule has 0 radical (unpaired) electrons. The van der Waals surface area contributed by atoms with Crippen LogP contribution in [0.15, 0.2) is 77.4 Å². The van der Waals surface area contributed by atoms with Crippen LogP contribution in [0.5, 0.6) is 0 Å². The number of aliphatic imine (C=N–C) groups is 1. The van der Waals surface area contributed by atoms with Crippen LogP contribution >= 0.6 is 11.8 Å². The molecule has 3 nitrogen and oxygen atoms in total. The van der Waals surface area contributed by atoms with E-state index in [4.69, 9.17) is 4.99 Å². The summed E-state index contributed by atoms with van der Waals surface area (Å²) in [6, 6.07) is 20.1. The molecule has 1 amide bonds. The number of thioether (sulfide) groups is 1. The molecule has 0 unspecified atom stereocenters. The molecule has 0 saturated carbocycles. The van der Waals surface area contributed by atoms with E-state index in [2.05, 4.69) is 46.8 Å². The minimum Gasteiger partial charge on any atom is -0.266 e. The fourth-order valence-corrected chi connectivity index (χ4v) is 5.12. The van der Waals surface area contributed by atoms with E-state index in [9.17, 15) is 9.18 Å². The summed E-state index contributed by atoms with van der Waals surface area (Å²) >= 11 is 1.52. The van der Waals surface area contributed by atoms with Crippen molar-refractivity contribution in [2.75, 3.05) is 4.90 Å². The van der Waals surface area contributed by atoms with Crippen LogP contribution in [0.1, 0.15) is 48.6 Å². The molecule has 0 fully saturated rings. The highest BCUT2D eigenvalue weighted by molar-refractivity contribution is 8.13. The predicted octanol–water partition coefficient (Wildman–Crippen LogP) is 7.42. The Labute approximate surface area is 205 Å². The van der Waals surface area contributed by atoms with Crippen molar-refractivity contribution in [3.63, 3.8) is 0 Å². The average Bonchev–Trinajstić information content (AvgIpc) is 3.08. The van der Waals surface area contributed by atoms with Crippen molar-refractivity contribution < 1.29 is 9.18 Å². The Balaban J connectivity index is 1.67. The van der Waals surface area contributed by atoms with E-state index in [1.807, 2.05) is 30.3 Å². The summed E-state index contributed by atoms with van der Waals surface area (Å²) in [5.41, 5.74) is 6.98. The first-order chi connectivity index (χ1) is 16.1. The minimum absolute atomic E-state index is 0.0830. The topological polar surface area (TPSA) is 32.7 Å². The van der Waals surface area contributed by atoms with Crippen LogP contribution in [-0.4, -0.2) is 11.1 Å². The third-order valence-corrected chi connectivity index (χ3v) is 6.89. The van der Waals surface area contributed by atoms with E-state index in [-0.39, 0.29) is 17.1 Å². The molecule has 34 heavy (non-hydrogen) atoms. The number of benzene rings is 3. The number of hydrogen-bond donors (Lipinski definition) is 0. The molecule has 4 rings (SSSR count). The van der Waals surface area contributed by atoms with Gasteiger partial charge in [-0.05, 0) is 77.4 Å². The van der Waals surface area contributed by atoms with Crippen LogP contribution in [0, 0.1) is 19.7 Å². The maximum atomic E-state index is 13.6. The molecule has 5 heteroatoms. The van der Waals surface area contributed by atoms with Crippen LogP contribution in [0.25, 0.3) is 6.08 Å². The molecule has 1 aliphatic heterocycles. The van der Waals surface area contributed by atoms with E-state index in [0.717, 1.165) is 5.56 Å². The van der Waals surface area contributed by atoms with Gasteiger partial charge in [-0.3, -0.25) is 9.69 Å². The zero-order valence-corrected chi connectivity index (χ0v) is 21.0. The molecule has 0 saturated heterocycles. The van der Waals surface area contributed by atoms with Gasteiger partial charge in [0.25, 0.3) is 5.91 Å². The smallest absolute Gasteiger partial charge is 0.266 e. The maximum Gasteiger partial charge on any atom is 0.283 e. The Morgan fingerprint density at radius 1 is 0.971 bits per heavy atom. The molecule has 0 aliphatic carbocycles. The van der Waals surface area contributed by atoms with Gasteiger partial charge in [-0.1, -0.05) is 75.0 Å². The molecule has 174 valence electrons. The number of aryl methyl sites for hydroxylation is 2. The summed E-state index contributed by atoms with van der Waals surface area (Å²) in [7, 11) is 0. The number of rotatable bonds is 4. The predicted molar refractivity (Wildman–Crippen MR) is 142 cm³/mol. The van der Waals surface area contributed by atoms with Crippen LogP contribution < -0.4 is 4.90 Å². The first-order valence-electron chi connectivity index (χ1n) is 11.3. The number of hydrogen-bond acceptors (Lipinski definition) is 3. The summed E-state index contributed by atoms with van der Waals surface area (Å²) in [5.74, 6) is 0.131. The van der Waals surface area contributed by atoms with Crippen molar-refractivity contribution >= 4 is 34.6 Å². The summed E-state index contributed by atoms with van der Waals surface area (Å²) in [6.07, 6.45) is 1.79. The number of amidine groups is 1. The fraction of sp³-hybridized carbons (Fsp3) is 0.241. The van der Waals surface area contributed by atoms with Gasteiger partial charge in [0.1, 0.15) is 11.5 Å². The third kappa shape index (κ3) is 5.15. The normalized spacial score (nSPS) is 15.2. The highest BCUT2D eigenvalue weighted by Gasteiger charge is 2.32. The zero-order valence-electron chi connectivity index (χ0n) is 20.2. The van der Waals surface area contributed by atoms with Gasteiger partial charge in [0.15, 0.2) is 5.17 Å². The summed E-state index contributed by atoms with van der Waals surface area (Å²) < 4.78 is 13.6. The summed E-state index contributed by atoms with van der Waals surface area (Å²) in [5, 5.41) is 0.595. The first-order valence-corrected chi connectivity index (χ1v) is 12.3. The number of halogens is 1. The molecule has 3 aromatic rings. The van der Waals surface area contributed by atoms with Crippen molar-refractivity contribution in [2.24, 2.45) is 4.99 Å². The highest BCUT2D eigenvalue weighted by atomic mass is 32.2. The average molecular weight is 473 g/mol. The number of amides is 1. The molecular formula is C29H29FN2OS. The second-order valence-electron chi connectivity index (χ2n) is 9.58. The van der Waals surface area contributed by atoms with Crippen LogP contribution in [0.3, 0.4) is 0 Å². The molecule has 0 spiro atoms. The Morgan fingerprint density at radius 2 is 1.59 bits per heavy atom. The SMILES string of the molecule is Cc1cc(C(C)(C)C)cc(C)c1CSC1=NC(=Cc2ccccc2)C(=O)N1c1ccc(F)cc1. The lowest BCUT2D eigenvalue weighted by Crippen LogP contribution is -2.30. The van der Waals surface area contributed by atoms with Gasteiger partial charge >= 0.3 is 0 Å². The van der Waals surface area contributed by atoms with Crippen molar-refractivity contribution in [1.29, 1.82) is 0 Å². The van der Waals surface area contributed by atoms with Crippen molar-refractivity contribution in [1.82, 2.24) is 0 Å². The Bertz CT molecular complexity index is 1250. The van der Waals surface area contributed by atoms with Gasteiger partial charge in [0.05, 0.1) is 5.69 Å². The standard InChI is InChI=1S/C29H29FN2OS/c1-19-15-22(29(3,4)5)16-20(2)25(19)18-34-28-31-26(17-21-9-7-6-8-10-21)27(33)32(28)24-13-11-23(30)12-14-24/h6-17H,18H2,1-5H3. The molecule has 0 bridgehead atoms. The van der Waals surface area contributed by atoms with Gasteiger partial charge in [-0.15, -0.1) is 0 Å². The lowest BCUT2D eigenvalue weighted by Gasteiger charge is -2.23. The maximum absolute atomic E-state index is 13.6. The monoisotopic (exact) mass is 472 g/mol. The Hall–Kier alpha value is -3.18. The number of carbonyl (C=O) groups is 1. The zero-order chi connectivity index (χ0) is 24.5. The first kappa shape index (κ1) is 24.0. The minimum atomic E-state index is -0.341. The van der Waals surface area contributed by atoms with E-state index in [1.54, 1.807) is 23.1 Å². The Kier molecular flexibility index (Phi) is 6.76. The molecule has 3 aromatic carbocycles. The molecule has 0 aromatic heterocycles. The van der Waals surface area contributed by atoms with Gasteiger partial charge in [0.2, 0.25) is 0 Å². The molecule has 1 heterocycles. The summed E-state index contributed by atoms with van der Waals surface area (Å²) in [4.78, 5) is 19.6. The second kappa shape index (κ2) is 9.59. The van der Waals surface area contributed by atoms with Crippen molar-refractivity contribution in [2.45, 2.75) is 45.8 Å². The van der Waals surface area contributed by atoms with Gasteiger partial charge < -0.3 is 0 Å². The fourth-order valence-electron chi connectivity index (χ4n) is 3.91. The van der Waals surface area contributed by atoms with E-state index >= 15 is 0 Å². The number of carbonyl (C=O) groups excluding carboxylic acids is 1. The lowest BCUT2D eigenvalue weighted by atomic mass is 9.84. The van der Waals surface area contributed by atoms with Crippen molar-refractivity contribution in [3.05, 3.63) is 106 Å². The highest BCUT2D eigenvalue weighted by Crippen LogP contribution is 2.33. The molecule has 0 N–H and O–H groups in total. The van der Waals surface area contributed by atoms with E-state index in [0.29, 0.717) is 22.3 Å². The second-order valence-corrected chi connectivity index (χ2v) is 10.5. The van der Waals surface area contributed by atoms with Crippen LogP contribution in [0.2, 0.25) is 0 Å². The number of nitrogens with zero attached hydrogens (tertiary/aromatic N) is 2. The van der Waals surface area contributed by atoms with Gasteiger partial charge in [-0.25, -0.2) is 9.38 Å². The van der Waals surface area contributed by atoms with E-state index < -0.39 is 0 Å². The quantitative estimate of drug-likeness (QED) is 0.370. The Morgan fingerprint density at radius 3 is 2.18 bits per heavy atom. The molecule has 0 atom stereocenters. The lowest BCUT2D eigenvalue weighted by molar-refractivity contribution is -0.113. The van der Waals surface area contributed by atoms with Crippen molar-refractivity contribution in [3.8, 4) is 0 Å². The third-order valence-electron chi connectivity index (χ3n) is 5.93. The van der Waals surface area contributed by atoms with E-state index in [1.165, 1.54) is 46.1 Å². The number of anilines is 1. The van der Waals surface area contributed by atoms with Crippen LogP contribution in [0.4, 0.5) is 10.1 Å². The molecular weight excluding hydrogens is 443 g/mol. The molecule has 1 aliphatic rings. The summed E-state index contributed by atoms with van der Waals surface area (Å²) in [6.45, 7) is 10.9. The van der Waals surface area contributed by atoms with Gasteiger partial charge in [0, 0.05) is 5.75 Å².